The third-order valence-corrected chi connectivity index (χ3v) is 3.26. The summed E-state index contributed by atoms with van der Waals surface area (Å²) in [5.41, 5.74) is 6.26. The van der Waals surface area contributed by atoms with Crippen molar-refractivity contribution >= 4 is 21.8 Å². The molecule has 0 aliphatic rings. The van der Waals surface area contributed by atoms with Crippen molar-refractivity contribution in [1.29, 1.82) is 5.41 Å². The van der Waals surface area contributed by atoms with Gasteiger partial charge in [-0.2, -0.15) is 0 Å². The molecule has 3 N–H and O–H groups in total. The van der Waals surface area contributed by atoms with Crippen molar-refractivity contribution in [2.45, 2.75) is 6.61 Å². The van der Waals surface area contributed by atoms with E-state index in [1.165, 1.54) is 36.4 Å². The third kappa shape index (κ3) is 3.33. The molecule has 0 aliphatic carbocycles. The van der Waals surface area contributed by atoms with Crippen LogP contribution in [-0.2, 0) is 6.61 Å². The van der Waals surface area contributed by atoms with Crippen LogP contribution in [0.5, 0.6) is 5.75 Å². The number of ether oxygens (including phenoxy) is 1. The summed E-state index contributed by atoms with van der Waals surface area (Å²) in [6.45, 7) is 0.0967. The molecular weight excluding hydrogens is 330 g/mol. The standard InChI is InChI=1S/C14H11BrF2N2O/c15-12-6-10(17)3-4-13(12)20-7-8-1-2-9(16)5-11(8)14(18)19/h1-6H,7H2,(H3,18,19). The first-order chi connectivity index (χ1) is 9.47. The Morgan fingerprint density at radius 2 is 1.80 bits per heavy atom. The fourth-order valence-corrected chi connectivity index (χ4v) is 2.14. The monoisotopic (exact) mass is 340 g/mol. The SMILES string of the molecule is N=C(N)c1cc(F)ccc1COc1ccc(F)cc1Br. The number of nitrogen functional groups attached to an aromatic ring is 1. The van der Waals surface area contributed by atoms with Crippen LogP contribution in [0, 0.1) is 17.0 Å². The Morgan fingerprint density at radius 3 is 2.45 bits per heavy atom. The molecule has 2 aromatic rings. The predicted octanol–water partition coefficient (Wildman–Crippen LogP) is 3.59. The first kappa shape index (κ1) is 14.5. The molecule has 2 aromatic carbocycles. The van der Waals surface area contributed by atoms with Crippen LogP contribution in [-0.4, -0.2) is 5.84 Å². The van der Waals surface area contributed by atoms with Crippen molar-refractivity contribution < 1.29 is 13.5 Å². The van der Waals surface area contributed by atoms with E-state index in [1.54, 1.807) is 0 Å². The molecule has 0 atom stereocenters. The summed E-state index contributed by atoms with van der Waals surface area (Å²) in [5, 5.41) is 7.42. The van der Waals surface area contributed by atoms with E-state index >= 15 is 0 Å². The molecule has 0 amide bonds. The van der Waals surface area contributed by atoms with E-state index in [-0.39, 0.29) is 23.8 Å². The zero-order valence-corrected chi connectivity index (χ0v) is 11.9. The lowest BCUT2D eigenvalue weighted by Crippen LogP contribution is -2.15. The number of nitrogens with two attached hydrogens (primary N) is 1. The molecule has 0 aliphatic heterocycles. The van der Waals surface area contributed by atoms with E-state index in [0.717, 1.165) is 0 Å². The zero-order valence-electron chi connectivity index (χ0n) is 10.3. The minimum absolute atomic E-state index is 0.0967. The molecule has 0 spiro atoms. The van der Waals surface area contributed by atoms with Gasteiger partial charge in [-0.1, -0.05) is 6.07 Å². The molecule has 0 saturated heterocycles. The molecule has 6 heteroatoms. The van der Waals surface area contributed by atoms with E-state index in [0.29, 0.717) is 15.8 Å². The maximum atomic E-state index is 13.1. The highest BCUT2D eigenvalue weighted by Gasteiger charge is 2.09. The van der Waals surface area contributed by atoms with Crippen molar-refractivity contribution in [3.05, 3.63) is 63.6 Å². The van der Waals surface area contributed by atoms with E-state index in [9.17, 15) is 8.78 Å². The Hall–Kier alpha value is -1.95. The Bertz CT molecular complexity index is 662. The lowest BCUT2D eigenvalue weighted by molar-refractivity contribution is 0.303. The van der Waals surface area contributed by atoms with Crippen LogP contribution in [0.25, 0.3) is 0 Å². The first-order valence-electron chi connectivity index (χ1n) is 5.68. The summed E-state index contributed by atoms with van der Waals surface area (Å²) in [5.74, 6) is -0.635. The molecule has 0 aromatic heterocycles. The maximum absolute atomic E-state index is 13.1. The first-order valence-corrected chi connectivity index (χ1v) is 6.47. The second-order valence-electron chi connectivity index (χ2n) is 4.08. The number of halogens is 3. The van der Waals surface area contributed by atoms with Crippen molar-refractivity contribution in [2.24, 2.45) is 5.73 Å². The van der Waals surface area contributed by atoms with Crippen LogP contribution in [0.2, 0.25) is 0 Å². The van der Waals surface area contributed by atoms with Gasteiger partial charge in [-0.25, -0.2) is 8.78 Å². The van der Waals surface area contributed by atoms with Gasteiger partial charge >= 0.3 is 0 Å². The zero-order chi connectivity index (χ0) is 14.7. The van der Waals surface area contributed by atoms with Crippen molar-refractivity contribution in [1.82, 2.24) is 0 Å². The second-order valence-corrected chi connectivity index (χ2v) is 4.93. The molecule has 20 heavy (non-hydrogen) atoms. The lowest BCUT2D eigenvalue weighted by Gasteiger charge is -2.11. The number of hydrogen-bond acceptors (Lipinski definition) is 2. The Labute approximate surface area is 123 Å². The van der Waals surface area contributed by atoms with Gasteiger partial charge in [0.05, 0.1) is 4.47 Å². The summed E-state index contributed by atoms with van der Waals surface area (Å²) < 4.78 is 32.1. The summed E-state index contributed by atoms with van der Waals surface area (Å²) in [4.78, 5) is 0. The Balaban J connectivity index is 2.20. The molecule has 3 nitrogen and oxygen atoms in total. The van der Waals surface area contributed by atoms with Gasteiger partial charge < -0.3 is 10.5 Å². The molecule has 104 valence electrons. The minimum atomic E-state index is -0.470. The fraction of sp³-hybridized carbons (Fsp3) is 0.0714. The van der Waals surface area contributed by atoms with Crippen LogP contribution >= 0.6 is 15.9 Å². The van der Waals surface area contributed by atoms with Crippen LogP contribution < -0.4 is 10.5 Å². The van der Waals surface area contributed by atoms with Gasteiger partial charge in [0.2, 0.25) is 0 Å². The highest BCUT2D eigenvalue weighted by atomic mass is 79.9. The Morgan fingerprint density at radius 1 is 1.15 bits per heavy atom. The van der Waals surface area contributed by atoms with Gasteiger partial charge in [-0.15, -0.1) is 0 Å². The van der Waals surface area contributed by atoms with Gasteiger partial charge in [0.15, 0.2) is 0 Å². The van der Waals surface area contributed by atoms with Gasteiger partial charge in [0.1, 0.15) is 29.8 Å². The molecule has 0 unspecified atom stereocenters. The molecule has 0 bridgehead atoms. The summed E-state index contributed by atoms with van der Waals surface area (Å²) in [6.07, 6.45) is 0. The number of hydrogen-bond donors (Lipinski definition) is 2. The van der Waals surface area contributed by atoms with E-state index < -0.39 is 5.82 Å². The van der Waals surface area contributed by atoms with E-state index in [2.05, 4.69) is 15.9 Å². The summed E-state index contributed by atoms with van der Waals surface area (Å²) >= 11 is 3.19. The molecule has 0 saturated carbocycles. The smallest absolute Gasteiger partial charge is 0.134 e. The fourth-order valence-electron chi connectivity index (χ4n) is 1.67. The van der Waals surface area contributed by atoms with E-state index in [4.69, 9.17) is 15.9 Å². The summed E-state index contributed by atoms with van der Waals surface area (Å²) in [6, 6.07) is 7.99. The minimum Gasteiger partial charge on any atom is -0.488 e. The van der Waals surface area contributed by atoms with Crippen LogP contribution in [0.15, 0.2) is 40.9 Å². The highest BCUT2D eigenvalue weighted by molar-refractivity contribution is 9.10. The average molecular weight is 341 g/mol. The van der Waals surface area contributed by atoms with Crippen molar-refractivity contribution in [3.63, 3.8) is 0 Å². The van der Waals surface area contributed by atoms with E-state index in [1.807, 2.05) is 0 Å². The quantitative estimate of drug-likeness (QED) is 0.660. The predicted molar refractivity (Wildman–Crippen MR) is 75.8 cm³/mol. The number of nitrogens with one attached hydrogen (secondary N) is 1. The van der Waals surface area contributed by atoms with Gasteiger partial charge in [0.25, 0.3) is 0 Å². The molecule has 0 heterocycles. The van der Waals surface area contributed by atoms with Crippen molar-refractivity contribution in [2.75, 3.05) is 0 Å². The maximum Gasteiger partial charge on any atom is 0.134 e. The van der Waals surface area contributed by atoms with Crippen LogP contribution in [0.3, 0.4) is 0 Å². The molecular formula is C14H11BrF2N2O. The lowest BCUT2D eigenvalue weighted by atomic mass is 10.1. The van der Waals surface area contributed by atoms with Gasteiger partial charge in [-0.05, 0) is 46.3 Å². The van der Waals surface area contributed by atoms with Crippen LogP contribution in [0.4, 0.5) is 8.78 Å². The Kier molecular flexibility index (Phi) is 4.34. The van der Waals surface area contributed by atoms with Crippen molar-refractivity contribution in [3.8, 4) is 5.75 Å². The molecule has 0 radical (unpaired) electrons. The number of rotatable bonds is 4. The number of amidine groups is 1. The van der Waals surface area contributed by atoms with Gasteiger partial charge in [-0.3, -0.25) is 5.41 Å². The third-order valence-electron chi connectivity index (χ3n) is 2.64. The summed E-state index contributed by atoms with van der Waals surface area (Å²) in [7, 11) is 0. The molecule has 0 fully saturated rings. The van der Waals surface area contributed by atoms with Crippen LogP contribution in [0.1, 0.15) is 11.1 Å². The largest absolute Gasteiger partial charge is 0.488 e. The average Bonchev–Trinajstić information content (AvgIpc) is 2.38. The van der Waals surface area contributed by atoms with Gasteiger partial charge in [0, 0.05) is 11.1 Å². The second kappa shape index (κ2) is 6.00. The molecule has 2 rings (SSSR count). The normalized spacial score (nSPS) is 10.3. The number of benzene rings is 2. The topological polar surface area (TPSA) is 59.1 Å². The highest BCUT2D eigenvalue weighted by Crippen LogP contribution is 2.26.